The normalized spacial score (nSPS) is 17.3. The molecule has 30 heavy (non-hydrogen) atoms. The average molecular weight is 428 g/mol. The molecular formula is C26H34ClNO2. The molecule has 1 N–H and O–H groups in total. The number of ether oxygens (including phenoxy) is 1. The van der Waals surface area contributed by atoms with Crippen LogP contribution >= 0.6 is 11.6 Å². The van der Waals surface area contributed by atoms with Crippen LogP contribution in [0.5, 0.6) is 0 Å². The first-order valence-electron chi connectivity index (χ1n) is 11.1. The molecule has 0 aromatic heterocycles. The molecule has 0 spiro atoms. The van der Waals surface area contributed by atoms with Crippen LogP contribution in [0.25, 0.3) is 0 Å². The van der Waals surface area contributed by atoms with Crippen molar-refractivity contribution >= 4 is 17.5 Å². The van der Waals surface area contributed by atoms with E-state index in [4.69, 9.17) is 16.3 Å². The molecule has 2 aromatic rings. The number of halogens is 1. The van der Waals surface area contributed by atoms with Crippen LogP contribution in [0.4, 0.5) is 0 Å². The molecule has 1 saturated carbocycles. The van der Waals surface area contributed by atoms with Crippen LogP contribution in [-0.4, -0.2) is 23.7 Å². The van der Waals surface area contributed by atoms with Crippen molar-refractivity contribution in [1.29, 1.82) is 0 Å². The second-order valence-electron chi connectivity index (χ2n) is 9.00. The summed E-state index contributed by atoms with van der Waals surface area (Å²) >= 11 is 6.06. The van der Waals surface area contributed by atoms with Gasteiger partial charge >= 0.3 is 0 Å². The zero-order valence-corrected chi connectivity index (χ0v) is 19.1. The number of amides is 1. The van der Waals surface area contributed by atoms with Crippen molar-refractivity contribution in [3.63, 3.8) is 0 Å². The lowest BCUT2D eigenvalue weighted by Crippen LogP contribution is -2.50. The van der Waals surface area contributed by atoms with Gasteiger partial charge in [-0.1, -0.05) is 73.3 Å². The third-order valence-corrected chi connectivity index (χ3v) is 6.37. The second-order valence-corrected chi connectivity index (χ2v) is 9.43. The SMILES string of the molecule is CC(NC(=O)C(C)(C)OC1CCCCC1)C(Cc1ccc(Cl)cc1)c1ccccc1. The Labute approximate surface area is 186 Å². The van der Waals surface area contributed by atoms with Crippen LogP contribution in [-0.2, 0) is 16.0 Å². The number of rotatable bonds is 8. The summed E-state index contributed by atoms with van der Waals surface area (Å²) in [6.45, 7) is 5.86. The van der Waals surface area contributed by atoms with Crippen LogP contribution in [0, 0.1) is 0 Å². The van der Waals surface area contributed by atoms with Crippen LogP contribution in [0.15, 0.2) is 54.6 Å². The van der Waals surface area contributed by atoms with Gasteiger partial charge in [-0.15, -0.1) is 0 Å². The van der Waals surface area contributed by atoms with Gasteiger partial charge in [0.25, 0.3) is 5.91 Å². The van der Waals surface area contributed by atoms with Gasteiger partial charge in [0.15, 0.2) is 0 Å². The predicted octanol–water partition coefficient (Wildman–Crippen LogP) is 6.30. The first-order chi connectivity index (χ1) is 14.3. The molecule has 3 rings (SSSR count). The highest BCUT2D eigenvalue weighted by atomic mass is 35.5. The van der Waals surface area contributed by atoms with Crippen LogP contribution < -0.4 is 5.32 Å². The fraction of sp³-hybridized carbons (Fsp3) is 0.500. The summed E-state index contributed by atoms with van der Waals surface area (Å²) in [6.07, 6.45) is 6.77. The number of carbonyl (C=O) groups is 1. The second kappa shape index (κ2) is 10.5. The van der Waals surface area contributed by atoms with Gasteiger partial charge in [-0.2, -0.15) is 0 Å². The van der Waals surface area contributed by atoms with E-state index >= 15 is 0 Å². The molecule has 2 atom stereocenters. The average Bonchev–Trinajstić information content (AvgIpc) is 2.74. The molecule has 2 aromatic carbocycles. The Bertz CT molecular complexity index is 798. The van der Waals surface area contributed by atoms with Gasteiger partial charge in [0.05, 0.1) is 6.10 Å². The summed E-state index contributed by atoms with van der Waals surface area (Å²) in [4.78, 5) is 13.1. The summed E-state index contributed by atoms with van der Waals surface area (Å²) in [7, 11) is 0. The van der Waals surface area contributed by atoms with Crippen molar-refractivity contribution in [2.24, 2.45) is 0 Å². The van der Waals surface area contributed by atoms with Gasteiger partial charge < -0.3 is 10.1 Å². The summed E-state index contributed by atoms with van der Waals surface area (Å²) in [5, 5.41) is 3.98. The Kier molecular flexibility index (Phi) is 7.96. The fourth-order valence-corrected chi connectivity index (χ4v) is 4.42. The van der Waals surface area contributed by atoms with Crippen LogP contribution in [0.2, 0.25) is 5.02 Å². The van der Waals surface area contributed by atoms with Gasteiger partial charge in [0, 0.05) is 17.0 Å². The zero-order valence-electron chi connectivity index (χ0n) is 18.4. The quantitative estimate of drug-likeness (QED) is 0.536. The van der Waals surface area contributed by atoms with Gasteiger partial charge in [0.1, 0.15) is 5.60 Å². The van der Waals surface area contributed by atoms with Crippen molar-refractivity contribution in [2.75, 3.05) is 0 Å². The minimum atomic E-state index is -0.836. The number of hydrogen-bond donors (Lipinski definition) is 1. The van der Waals surface area contributed by atoms with Crippen molar-refractivity contribution in [3.8, 4) is 0 Å². The molecule has 3 nitrogen and oxygen atoms in total. The van der Waals surface area contributed by atoms with Crippen molar-refractivity contribution < 1.29 is 9.53 Å². The highest BCUT2D eigenvalue weighted by Gasteiger charge is 2.34. The topological polar surface area (TPSA) is 38.3 Å². The summed E-state index contributed by atoms with van der Waals surface area (Å²) in [5.41, 5.74) is 1.58. The Balaban J connectivity index is 1.70. The van der Waals surface area contributed by atoms with E-state index in [0.717, 1.165) is 24.3 Å². The molecule has 2 unspecified atom stereocenters. The molecule has 0 aliphatic heterocycles. The Morgan fingerprint density at radius 1 is 1.07 bits per heavy atom. The number of nitrogens with one attached hydrogen (secondary N) is 1. The monoisotopic (exact) mass is 427 g/mol. The maximum Gasteiger partial charge on any atom is 0.251 e. The Hall–Kier alpha value is -1.84. The van der Waals surface area contributed by atoms with E-state index < -0.39 is 5.60 Å². The molecular weight excluding hydrogens is 394 g/mol. The van der Waals surface area contributed by atoms with E-state index in [1.165, 1.54) is 30.4 Å². The molecule has 162 valence electrons. The van der Waals surface area contributed by atoms with Crippen LogP contribution in [0.3, 0.4) is 0 Å². The van der Waals surface area contributed by atoms with Gasteiger partial charge in [-0.25, -0.2) is 0 Å². The molecule has 0 bridgehead atoms. The van der Waals surface area contributed by atoms with E-state index in [-0.39, 0.29) is 24.0 Å². The molecule has 1 amide bonds. The first kappa shape index (κ1) is 22.8. The predicted molar refractivity (Wildman–Crippen MR) is 124 cm³/mol. The van der Waals surface area contributed by atoms with Crippen molar-refractivity contribution in [1.82, 2.24) is 5.32 Å². The molecule has 1 aliphatic carbocycles. The maximum atomic E-state index is 13.1. The summed E-state index contributed by atoms with van der Waals surface area (Å²) < 4.78 is 6.23. The van der Waals surface area contributed by atoms with E-state index in [0.29, 0.717) is 0 Å². The lowest BCUT2D eigenvalue weighted by molar-refractivity contribution is -0.152. The molecule has 1 aliphatic rings. The molecule has 4 heteroatoms. The number of benzene rings is 2. The lowest BCUT2D eigenvalue weighted by atomic mass is 9.86. The van der Waals surface area contributed by atoms with Gasteiger partial charge in [0.2, 0.25) is 0 Å². The summed E-state index contributed by atoms with van der Waals surface area (Å²) in [6, 6.07) is 18.3. The minimum Gasteiger partial charge on any atom is -0.363 e. The molecule has 0 radical (unpaired) electrons. The van der Waals surface area contributed by atoms with E-state index in [2.05, 4.69) is 48.6 Å². The van der Waals surface area contributed by atoms with Gasteiger partial charge in [-0.3, -0.25) is 4.79 Å². The number of hydrogen-bond acceptors (Lipinski definition) is 2. The minimum absolute atomic E-state index is 0.0372. The third kappa shape index (κ3) is 6.33. The highest BCUT2D eigenvalue weighted by Crippen LogP contribution is 2.28. The largest absolute Gasteiger partial charge is 0.363 e. The Morgan fingerprint density at radius 2 is 1.70 bits per heavy atom. The third-order valence-electron chi connectivity index (χ3n) is 6.12. The maximum absolute atomic E-state index is 13.1. The van der Waals surface area contributed by atoms with Gasteiger partial charge in [-0.05, 0) is 63.3 Å². The zero-order chi connectivity index (χ0) is 21.6. The van der Waals surface area contributed by atoms with E-state index in [1.54, 1.807) is 0 Å². The molecule has 0 heterocycles. The van der Waals surface area contributed by atoms with E-state index in [1.807, 2.05) is 32.0 Å². The van der Waals surface area contributed by atoms with Crippen LogP contribution in [0.1, 0.15) is 69.9 Å². The molecule has 0 saturated heterocycles. The van der Waals surface area contributed by atoms with Crippen molar-refractivity contribution in [3.05, 3.63) is 70.7 Å². The Morgan fingerprint density at radius 3 is 2.33 bits per heavy atom. The van der Waals surface area contributed by atoms with E-state index in [9.17, 15) is 4.79 Å². The standard InChI is InChI=1S/C26H34ClNO2/c1-19(28-25(29)26(2,3)30-23-12-8-5-9-13-23)24(21-10-6-4-7-11-21)18-20-14-16-22(27)17-15-20/h4,6-7,10-11,14-17,19,23-24H,5,8-9,12-13,18H2,1-3H3,(H,28,29). The first-order valence-corrected chi connectivity index (χ1v) is 11.5. The fourth-order valence-electron chi connectivity index (χ4n) is 4.29. The smallest absolute Gasteiger partial charge is 0.251 e. The molecule has 1 fully saturated rings. The lowest BCUT2D eigenvalue weighted by Gasteiger charge is -2.34. The highest BCUT2D eigenvalue weighted by molar-refractivity contribution is 6.30. The number of carbonyl (C=O) groups excluding carboxylic acids is 1. The summed E-state index contributed by atoms with van der Waals surface area (Å²) in [5.74, 6) is 0.111. The van der Waals surface area contributed by atoms with Crippen molar-refractivity contribution in [2.45, 2.75) is 83.0 Å².